The highest BCUT2D eigenvalue weighted by Gasteiger charge is 2.23. The van der Waals surface area contributed by atoms with Crippen molar-refractivity contribution in [1.82, 2.24) is 5.32 Å². The number of furan rings is 1. The number of anilines is 2. The number of hydrogen-bond acceptors (Lipinski definition) is 7. The van der Waals surface area contributed by atoms with E-state index in [9.17, 15) is 19.2 Å². The molecule has 182 valence electrons. The summed E-state index contributed by atoms with van der Waals surface area (Å²) in [5.41, 5.74) is 0.972. The summed E-state index contributed by atoms with van der Waals surface area (Å²) < 4.78 is 15.1. The van der Waals surface area contributed by atoms with Gasteiger partial charge >= 0.3 is 12.1 Å². The van der Waals surface area contributed by atoms with Crippen molar-refractivity contribution in [2.45, 2.75) is 6.54 Å². The third-order valence-corrected chi connectivity index (χ3v) is 5.15. The van der Waals surface area contributed by atoms with Crippen LogP contribution in [0.5, 0.6) is 0 Å². The number of para-hydroxylation sites is 2. The van der Waals surface area contributed by atoms with E-state index >= 15 is 0 Å². The third kappa shape index (κ3) is 6.05. The minimum Gasteiger partial charge on any atom is -0.467 e. The van der Waals surface area contributed by atoms with Crippen molar-refractivity contribution < 1.29 is 33.1 Å². The second-order valence-corrected chi connectivity index (χ2v) is 7.35. The lowest BCUT2D eigenvalue weighted by molar-refractivity contribution is -0.121. The van der Waals surface area contributed by atoms with E-state index in [1.807, 2.05) is 0 Å². The predicted octanol–water partition coefficient (Wildman–Crippen LogP) is 3.23. The largest absolute Gasteiger partial charge is 0.467 e. The smallest absolute Gasteiger partial charge is 0.413 e. The van der Waals surface area contributed by atoms with Gasteiger partial charge < -0.3 is 24.1 Å². The molecule has 0 fully saturated rings. The summed E-state index contributed by atoms with van der Waals surface area (Å²) in [6.45, 7) is -0.386. The Labute approximate surface area is 202 Å². The van der Waals surface area contributed by atoms with Crippen molar-refractivity contribution in [2.24, 2.45) is 0 Å². The Kier molecular flexibility index (Phi) is 8.23. The van der Waals surface area contributed by atoms with E-state index in [1.165, 1.54) is 38.4 Å². The molecule has 1 N–H and O–H groups in total. The maximum Gasteiger partial charge on any atom is 0.413 e. The summed E-state index contributed by atoms with van der Waals surface area (Å²) in [6.07, 6.45) is 0.845. The summed E-state index contributed by atoms with van der Waals surface area (Å²) in [6, 6.07) is 16.3. The third-order valence-electron chi connectivity index (χ3n) is 5.15. The Hall–Kier alpha value is -4.60. The van der Waals surface area contributed by atoms with Gasteiger partial charge in [-0.25, -0.2) is 9.59 Å². The molecule has 0 saturated heterocycles. The number of ether oxygens (including phenoxy) is 2. The summed E-state index contributed by atoms with van der Waals surface area (Å²) in [5.74, 6) is -1.15. The lowest BCUT2D eigenvalue weighted by Gasteiger charge is -2.21. The van der Waals surface area contributed by atoms with Crippen LogP contribution in [0.1, 0.15) is 26.5 Å². The SMILES string of the molecule is COC(=O)N(C)c1ccccc1C(=O)OCC(=O)N(C)c1ccccc1C(=O)NCc1ccco1. The first kappa shape index (κ1) is 25.0. The van der Waals surface area contributed by atoms with E-state index < -0.39 is 30.5 Å². The van der Waals surface area contributed by atoms with Crippen molar-refractivity contribution >= 4 is 35.3 Å². The molecule has 2 aromatic carbocycles. The Morgan fingerprint density at radius 1 is 0.857 bits per heavy atom. The molecule has 0 atom stereocenters. The fourth-order valence-electron chi connectivity index (χ4n) is 3.24. The average molecular weight is 479 g/mol. The average Bonchev–Trinajstić information content (AvgIpc) is 3.42. The van der Waals surface area contributed by atoms with Gasteiger partial charge in [0.15, 0.2) is 6.61 Å². The van der Waals surface area contributed by atoms with Crippen LogP contribution in [0.15, 0.2) is 71.3 Å². The molecule has 0 aliphatic rings. The summed E-state index contributed by atoms with van der Waals surface area (Å²) >= 11 is 0. The van der Waals surface area contributed by atoms with Gasteiger partial charge in [0.25, 0.3) is 11.8 Å². The summed E-state index contributed by atoms with van der Waals surface area (Å²) in [4.78, 5) is 52.4. The predicted molar refractivity (Wildman–Crippen MR) is 127 cm³/mol. The molecular weight excluding hydrogens is 454 g/mol. The fraction of sp³-hybridized carbons (Fsp3) is 0.200. The molecule has 0 aliphatic heterocycles. The molecule has 3 aromatic rings. The first-order valence-corrected chi connectivity index (χ1v) is 10.6. The number of likely N-dealkylation sites (N-methyl/N-ethyl adjacent to an activating group) is 1. The Bertz CT molecular complexity index is 1210. The van der Waals surface area contributed by atoms with Gasteiger partial charge in [-0.15, -0.1) is 0 Å². The van der Waals surface area contributed by atoms with E-state index in [2.05, 4.69) is 10.1 Å². The van der Waals surface area contributed by atoms with Crippen molar-refractivity contribution in [1.29, 1.82) is 0 Å². The highest BCUT2D eigenvalue weighted by atomic mass is 16.5. The Morgan fingerprint density at radius 2 is 1.49 bits per heavy atom. The number of hydrogen-bond donors (Lipinski definition) is 1. The number of amides is 3. The van der Waals surface area contributed by atoms with Gasteiger partial charge in [-0.1, -0.05) is 24.3 Å². The number of methoxy groups -OCH3 is 1. The molecule has 0 saturated carbocycles. The number of carbonyl (C=O) groups excluding carboxylic acids is 4. The van der Waals surface area contributed by atoms with E-state index in [0.717, 1.165) is 4.90 Å². The van der Waals surface area contributed by atoms with Crippen LogP contribution in [0.25, 0.3) is 0 Å². The number of nitrogens with one attached hydrogen (secondary N) is 1. The van der Waals surface area contributed by atoms with Crippen LogP contribution in [-0.2, 0) is 20.8 Å². The zero-order valence-corrected chi connectivity index (χ0v) is 19.5. The molecule has 0 spiro atoms. The summed E-state index contributed by atoms with van der Waals surface area (Å²) in [7, 11) is 4.15. The van der Waals surface area contributed by atoms with E-state index in [-0.39, 0.29) is 23.4 Å². The molecule has 0 bridgehead atoms. The van der Waals surface area contributed by atoms with Crippen molar-refractivity contribution in [3.05, 3.63) is 83.8 Å². The highest BCUT2D eigenvalue weighted by molar-refractivity contribution is 6.06. The molecule has 0 radical (unpaired) electrons. The Balaban J connectivity index is 1.67. The monoisotopic (exact) mass is 479 g/mol. The number of benzene rings is 2. The molecule has 1 aromatic heterocycles. The minimum absolute atomic E-state index is 0.0913. The molecule has 35 heavy (non-hydrogen) atoms. The summed E-state index contributed by atoms with van der Waals surface area (Å²) in [5, 5.41) is 2.74. The van der Waals surface area contributed by atoms with Crippen molar-refractivity contribution in [3.63, 3.8) is 0 Å². The number of nitrogens with zero attached hydrogens (tertiary/aromatic N) is 2. The first-order chi connectivity index (χ1) is 16.8. The zero-order chi connectivity index (χ0) is 25.4. The van der Waals surface area contributed by atoms with Crippen LogP contribution in [-0.4, -0.2) is 51.7 Å². The van der Waals surface area contributed by atoms with Gasteiger partial charge in [0.1, 0.15) is 5.76 Å². The number of rotatable bonds is 8. The van der Waals surface area contributed by atoms with Gasteiger partial charge in [-0.3, -0.25) is 14.5 Å². The van der Waals surface area contributed by atoms with Crippen LogP contribution < -0.4 is 15.1 Å². The van der Waals surface area contributed by atoms with Gasteiger partial charge in [0.2, 0.25) is 0 Å². The van der Waals surface area contributed by atoms with Crippen LogP contribution in [0.3, 0.4) is 0 Å². The van der Waals surface area contributed by atoms with E-state index in [4.69, 9.17) is 9.15 Å². The molecule has 10 heteroatoms. The minimum atomic E-state index is -0.789. The number of carbonyl (C=O) groups is 4. The van der Waals surface area contributed by atoms with Crippen LogP contribution in [0.4, 0.5) is 16.2 Å². The molecule has 1 heterocycles. The Morgan fingerprint density at radius 3 is 2.11 bits per heavy atom. The zero-order valence-electron chi connectivity index (χ0n) is 19.5. The van der Waals surface area contributed by atoms with E-state index in [0.29, 0.717) is 11.4 Å². The molecule has 0 unspecified atom stereocenters. The van der Waals surface area contributed by atoms with Gasteiger partial charge in [0.05, 0.1) is 42.4 Å². The standard InChI is InChI=1S/C25H25N3O7/c1-27(20-12-6-4-10-18(20)23(30)26-15-17-9-8-14-34-17)22(29)16-35-24(31)19-11-5-7-13-21(19)28(2)25(32)33-3/h4-14H,15-16H2,1-3H3,(H,26,30). The molecular formula is C25H25N3O7. The molecule has 0 aliphatic carbocycles. The quantitative estimate of drug-likeness (QED) is 0.493. The molecule has 3 amide bonds. The molecule has 10 nitrogen and oxygen atoms in total. The fourth-order valence-corrected chi connectivity index (χ4v) is 3.24. The molecule has 3 rings (SSSR count). The van der Waals surface area contributed by atoms with Crippen LogP contribution in [0.2, 0.25) is 0 Å². The maximum absolute atomic E-state index is 12.8. The number of esters is 1. The highest BCUT2D eigenvalue weighted by Crippen LogP contribution is 2.22. The first-order valence-electron chi connectivity index (χ1n) is 10.6. The second-order valence-electron chi connectivity index (χ2n) is 7.35. The maximum atomic E-state index is 12.8. The lowest BCUT2D eigenvalue weighted by Crippen LogP contribution is -2.34. The van der Waals surface area contributed by atoms with Crippen molar-refractivity contribution in [2.75, 3.05) is 37.6 Å². The normalized spacial score (nSPS) is 10.3. The van der Waals surface area contributed by atoms with Gasteiger partial charge in [0, 0.05) is 14.1 Å². The second kappa shape index (κ2) is 11.5. The van der Waals surface area contributed by atoms with Gasteiger partial charge in [-0.05, 0) is 36.4 Å². The topological polar surface area (TPSA) is 118 Å². The van der Waals surface area contributed by atoms with Crippen LogP contribution >= 0.6 is 0 Å². The lowest BCUT2D eigenvalue weighted by atomic mass is 10.1. The van der Waals surface area contributed by atoms with Crippen LogP contribution in [0, 0.1) is 0 Å². The van der Waals surface area contributed by atoms with Gasteiger partial charge in [-0.2, -0.15) is 0 Å². The van der Waals surface area contributed by atoms with Crippen molar-refractivity contribution in [3.8, 4) is 0 Å². The van der Waals surface area contributed by atoms with E-state index in [1.54, 1.807) is 54.6 Å².